The van der Waals surface area contributed by atoms with E-state index in [0.717, 1.165) is 16.6 Å². The molecule has 1 aromatic carbocycles. The lowest BCUT2D eigenvalue weighted by Gasteiger charge is -2.09. The lowest BCUT2D eigenvalue weighted by atomic mass is 10.2. The molecule has 19 heavy (non-hydrogen) atoms. The fourth-order valence-corrected chi connectivity index (χ4v) is 2.00. The van der Waals surface area contributed by atoms with Crippen molar-refractivity contribution >= 4 is 33.5 Å². The van der Waals surface area contributed by atoms with Crippen molar-refractivity contribution in [3.8, 4) is 5.88 Å². The Bertz CT molecular complexity index is 565. The third-order valence-electron chi connectivity index (χ3n) is 2.37. The number of anilines is 1. The Kier molecular flexibility index (Phi) is 4.99. The zero-order valence-electron chi connectivity index (χ0n) is 10.4. The summed E-state index contributed by atoms with van der Waals surface area (Å²) in [6, 6.07) is 7.85. The topological polar surface area (TPSA) is 47.0 Å². The van der Waals surface area contributed by atoms with Crippen molar-refractivity contribution < 1.29 is 4.74 Å². The summed E-state index contributed by atoms with van der Waals surface area (Å²) in [5.41, 5.74) is 1.03. The van der Waals surface area contributed by atoms with Crippen molar-refractivity contribution in [2.75, 3.05) is 11.9 Å². The molecule has 0 aliphatic rings. The molecule has 4 nitrogen and oxygen atoms in total. The molecule has 0 atom stereocenters. The van der Waals surface area contributed by atoms with Crippen LogP contribution in [0.5, 0.6) is 5.88 Å². The highest BCUT2D eigenvalue weighted by Crippen LogP contribution is 2.24. The summed E-state index contributed by atoms with van der Waals surface area (Å²) in [6.45, 7) is 3.11. The average Bonchev–Trinajstić information content (AvgIpc) is 2.41. The van der Waals surface area contributed by atoms with Gasteiger partial charge in [0.1, 0.15) is 11.6 Å². The number of aromatic nitrogens is 2. The number of benzene rings is 1. The third kappa shape index (κ3) is 3.81. The van der Waals surface area contributed by atoms with E-state index >= 15 is 0 Å². The maximum atomic E-state index is 6.01. The maximum Gasteiger partial charge on any atom is 0.237 e. The highest BCUT2D eigenvalue weighted by atomic mass is 79.9. The highest BCUT2D eigenvalue weighted by Gasteiger charge is 2.07. The normalized spacial score (nSPS) is 10.3. The van der Waals surface area contributed by atoms with Crippen molar-refractivity contribution in [2.24, 2.45) is 0 Å². The van der Waals surface area contributed by atoms with Gasteiger partial charge in [-0.2, -0.15) is 4.98 Å². The first kappa shape index (κ1) is 14.1. The Morgan fingerprint density at radius 3 is 2.89 bits per heavy atom. The summed E-state index contributed by atoms with van der Waals surface area (Å²) < 4.78 is 6.63. The summed E-state index contributed by atoms with van der Waals surface area (Å²) in [4.78, 5) is 8.27. The first-order chi connectivity index (χ1) is 9.20. The molecule has 0 unspecified atom stereocenters. The quantitative estimate of drug-likeness (QED) is 0.895. The second kappa shape index (κ2) is 6.73. The molecule has 0 aliphatic carbocycles. The van der Waals surface area contributed by atoms with Crippen LogP contribution in [-0.2, 0) is 6.61 Å². The van der Waals surface area contributed by atoms with Crippen LogP contribution in [0, 0.1) is 0 Å². The van der Waals surface area contributed by atoms with Crippen molar-refractivity contribution in [1.82, 2.24) is 9.97 Å². The summed E-state index contributed by atoms with van der Waals surface area (Å²) >= 11 is 9.48. The van der Waals surface area contributed by atoms with Gasteiger partial charge in [-0.15, -0.1) is 0 Å². The van der Waals surface area contributed by atoms with Gasteiger partial charge in [0.05, 0.1) is 6.20 Å². The zero-order valence-corrected chi connectivity index (χ0v) is 12.7. The van der Waals surface area contributed by atoms with Crippen molar-refractivity contribution in [3.05, 3.63) is 45.5 Å². The molecular weight excluding hydrogens is 330 g/mol. The Morgan fingerprint density at radius 1 is 1.37 bits per heavy atom. The summed E-state index contributed by atoms with van der Waals surface area (Å²) in [7, 11) is 0. The van der Waals surface area contributed by atoms with E-state index in [1.807, 2.05) is 31.2 Å². The van der Waals surface area contributed by atoms with Gasteiger partial charge in [0.15, 0.2) is 0 Å². The van der Waals surface area contributed by atoms with Crippen molar-refractivity contribution in [3.63, 3.8) is 0 Å². The number of hydrogen-bond donors (Lipinski definition) is 1. The smallest absolute Gasteiger partial charge is 0.237 e. The van der Waals surface area contributed by atoms with Gasteiger partial charge in [-0.1, -0.05) is 45.7 Å². The number of nitrogens with one attached hydrogen (secondary N) is 1. The van der Waals surface area contributed by atoms with E-state index in [4.69, 9.17) is 16.3 Å². The van der Waals surface area contributed by atoms with E-state index in [-0.39, 0.29) is 0 Å². The molecule has 0 bridgehead atoms. The molecule has 100 valence electrons. The number of hydrogen-bond acceptors (Lipinski definition) is 4. The predicted molar refractivity (Wildman–Crippen MR) is 79.7 cm³/mol. The van der Waals surface area contributed by atoms with Gasteiger partial charge >= 0.3 is 0 Å². The van der Waals surface area contributed by atoms with E-state index in [9.17, 15) is 0 Å². The third-order valence-corrected chi connectivity index (χ3v) is 3.40. The SMILES string of the molecule is CCNc1ncc(Cl)c(OCc2ccccc2Br)n1. The van der Waals surface area contributed by atoms with E-state index in [1.165, 1.54) is 6.20 Å². The van der Waals surface area contributed by atoms with Crippen LogP contribution in [0.2, 0.25) is 5.02 Å². The minimum absolute atomic E-state index is 0.378. The fourth-order valence-electron chi connectivity index (χ4n) is 1.46. The zero-order chi connectivity index (χ0) is 13.7. The number of rotatable bonds is 5. The Balaban J connectivity index is 2.10. The molecule has 0 amide bonds. The van der Waals surface area contributed by atoms with Crippen LogP contribution >= 0.6 is 27.5 Å². The molecule has 1 aromatic heterocycles. The van der Waals surface area contributed by atoms with Crippen molar-refractivity contribution in [2.45, 2.75) is 13.5 Å². The van der Waals surface area contributed by atoms with Gasteiger partial charge in [-0.25, -0.2) is 4.98 Å². The van der Waals surface area contributed by atoms with Gasteiger partial charge < -0.3 is 10.1 Å². The van der Waals surface area contributed by atoms with Crippen LogP contribution in [0.25, 0.3) is 0 Å². The maximum absolute atomic E-state index is 6.01. The monoisotopic (exact) mass is 341 g/mol. The first-order valence-corrected chi connectivity index (χ1v) is 7.00. The molecule has 0 saturated heterocycles. The van der Waals surface area contributed by atoms with Gasteiger partial charge in [0.25, 0.3) is 0 Å². The molecule has 0 spiro atoms. The molecule has 0 aliphatic heterocycles. The molecule has 1 heterocycles. The predicted octanol–water partition coefficient (Wildman–Crippen LogP) is 3.90. The van der Waals surface area contributed by atoms with Crippen LogP contribution in [-0.4, -0.2) is 16.5 Å². The molecule has 0 saturated carbocycles. The highest BCUT2D eigenvalue weighted by molar-refractivity contribution is 9.10. The van der Waals surface area contributed by atoms with Crippen LogP contribution in [0.3, 0.4) is 0 Å². The standard InChI is InChI=1S/C13H13BrClN3O/c1-2-16-13-17-7-11(15)12(18-13)19-8-9-5-3-4-6-10(9)14/h3-7H,2,8H2,1H3,(H,16,17,18). The second-order valence-electron chi connectivity index (χ2n) is 3.76. The molecule has 2 aromatic rings. The molecule has 6 heteroatoms. The summed E-state index contributed by atoms with van der Waals surface area (Å²) in [5, 5.41) is 3.41. The van der Waals surface area contributed by atoms with Crippen LogP contribution in [0.1, 0.15) is 12.5 Å². The molecule has 2 rings (SSSR count). The molecule has 0 radical (unpaired) electrons. The second-order valence-corrected chi connectivity index (χ2v) is 5.02. The Labute approximate surface area is 125 Å². The first-order valence-electron chi connectivity index (χ1n) is 5.83. The molecule has 1 N–H and O–H groups in total. The van der Waals surface area contributed by atoms with Crippen LogP contribution in [0.4, 0.5) is 5.95 Å². The number of ether oxygens (including phenoxy) is 1. The minimum atomic E-state index is 0.378. The molecular formula is C13H13BrClN3O. The van der Waals surface area contributed by atoms with Crippen molar-refractivity contribution in [1.29, 1.82) is 0 Å². The summed E-state index contributed by atoms with van der Waals surface area (Å²) in [5.74, 6) is 0.886. The van der Waals surface area contributed by atoms with Crippen LogP contribution < -0.4 is 10.1 Å². The largest absolute Gasteiger partial charge is 0.472 e. The van der Waals surface area contributed by atoms with E-state index in [2.05, 4.69) is 31.2 Å². The molecule has 0 fully saturated rings. The van der Waals surface area contributed by atoms with Crippen LogP contribution in [0.15, 0.2) is 34.9 Å². The summed E-state index contributed by atoms with van der Waals surface area (Å²) in [6.07, 6.45) is 1.53. The fraction of sp³-hybridized carbons (Fsp3) is 0.231. The van der Waals surface area contributed by atoms with E-state index in [0.29, 0.717) is 23.5 Å². The Morgan fingerprint density at radius 2 is 2.16 bits per heavy atom. The van der Waals surface area contributed by atoms with E-state index < -0.39 is 0 Å². The van der Waals surface area contributed by atoms with Gasteiger partial charge in [-0.3, -0.25) is 0 Å². The minimum Gasteiger partial charge on any atom is -0.472 e. The lowest BCUT2D eigenvalue weighted by molar-refractivity contribution is 0.293. The Hall–Kier alpha value is -1.33. The van der Waals surface area contributed by atoms with Gasteiger partial charge in [0.2, 0.25) is 11.8 Å². The van der Waals surface area contributed by atoms with Gasteiger partial charge in [0, 0.05) is 16.6 Å². The van der Waals surface area contributed by atoms with Gasteiger partial charge in [-0.05, 0) is 13.0 Å². The number of nitrogens with zero attached hydrogens (tertiary/aromatic N) is 2. The number of halogens is 2. The van der Waals surface area contributed by atoms with E-state index in [1.54, 1.807) is 0 Å². The average molecular weight is 343 g/mol. The lowest BCUT2D eigenvalue weighted by Crippen LogP contribution is -2.05.